The van der Waals surface area contributed by atoms with Crippen LogP contribution in [0.1, 0.15) is 28.4 Å². The van der Waals surface area contributed by atoms with E-state index in [1.165, 1.54) is 13.0 Å². The Balaban J connectivity index is 1.57. The van der Waals surface area contributed by atoms with E-state index in [1.54, 1.807) is 12.1 Å². The number of halogens is 1. The summed E-state index contributed by atoms with van der Waals surface area (Å²) in [4.78, 5) is 23.2. The Morgan fingerprint density at radius 3 is 2.59 bits per heavy atom. The second kappa shape index (κ2) is 9.47. The molecular weight excluding hydrogens is 393 g/mol. The van der Waals surface area contributed by atoms with Gasteiger partial charge >= 0.3 is 0 Å². The third-order valence-corrected chi connectivity index (χ3v) is 4.99. The molecule has 0 saturated carbocycles. The van der Waals surface area contributed by atoms with Gasteiger partial charge in [-0.05, 0) is 37.1 Å². The minimum atomic E-state index is -0.467. The maximum atomic E-state index is 14.2. The minimum absolute atomic E-state index is 0.0558. The molecule has 1 amide bonds. The fourth-order valence-electron chi connectivity index (χ4n) is 2.59. The number of aryl methyl sites for hydroxylation is 1. The quantitative estimate of drug-likeness (QED) is 0.446. The van der Waals surface area contributed by atoms with Crippen molar-refractivity contribution < 1.29 is 18.4 Å². The SMILES string of the molecule is CC(=O)NCCc1ccc(C(=O)CSc2nnc(-c3ccc(C)cc3)o2)cc1F. The van der Waals surface area contributed by atoms with Gasteiger partial charge in [-0.2, -0.15) is 0 Å². The topological polar surface area (TPSA) is 85.1 Å². The van der Waals surface area contributed by atoms with E-state index in [-0.39, 0.29) is 28.2 Å². The number of thioether (sulfide) groups is 1. The molecule has 1 N–H and O–H groups in total. The van der Waals surface area contributed by atoms with Gasteiger partial charge in [0, 0.05) is 24.6 Å². The molecule has 0 fully saturated rings. The molecule has 6 nitrogen and oxygen atoms in total. The third-order valence-electron chi connectivity index (χ3n) is 4.18. The summed E-state index contributed by atoms with van der Waals surface area (Å²) in [6.07, 6.45) is 0.360. The van der Waals surface area contributed by atoms with Crippen LogP contribution in [0.2, 0.25) is 0 Å². The lowest BCUT2D eigenvalue weighted by atomic mass is 10.1. The molecule has 2 aromatic carbocycles. The zero-order valence-electron chi connectivity index (χ0n) is 16.1. The van der Waals surface area contributed by atoms with Crippen molar-refractivity contribution in [2.24, 2.45) is 0 Å². The van der Waals surface area contributed by atoms with Crippen LogP contribution in [0.3, 0.4) is 0 Å². The lowest BCUT2D eigenvalue weighted by Gasteiger charge is -2.06. The van der Waals surface area contributed by atoms with Crippen molar-refractivity contribution >= 4 is 23.5 Å². The highest BCUT2D eigenvalue weighted by Crippen LogP contribution is 2.24. The summed E-state index contributed by atoms with van der Waals surface area (Å²) in [6.45, 7) is 3.74. The second-order valence-corrected chi connectivity index (χ2v) is 7.42. The number of nitrogens with one attached hydrogen (secondary N) is 1. The molecule has 3 aromatic rings. The van der Waals surface area contributed by atoms with Gasteiger partial charge in [-0.15, -0.1) is 10.2 Å². The highest BCUT2D eigenvalue weighted by Gasteiger charge is 2.14. The van der Waals surface area contributed by atoms with E-state index in [9.17, 15) is 14.0 Å². The van der Waals surface area contributed by atoms with Gasteiger partial charge in [0.1, 0.15) is 5.82 Å². The molecule has 1 aromatic heterocycles. The Morgan fingerprint density at radius 2 is 1.90 bits per heavy atom. The average molecular weight is 413 g/mol. The molecule has 8 heteroatoms. The molecule has 0 atom stereocenters. The lowest BCUT2D eigenvalue weighted by molar-refractivity contribution is -0.118. The van der Waals surface area contributed by atoms with Crippen molar-refractivity contribution in [2.45, 2.75) is 25.5 Å². The number of amides is 1. The van der Waals surface area contributed by atoms with Gasteiger partial charge in [0.25, 0.3) is 5.22 Å². The van der Waals surface area contributed by atoms with Gasteiger partial charge in [-0.1, -0.05) is 41.6 Å². The molecular formula is C21H20FN3O3S. The smallest absolute Gasteiger partial charge is 0.277 e. The number of nitrogens with zero attached hydrogens (tertiary/aromatic N) is 2. The number of hydrogen-bond donors (Lipinski definition) is 1. The highest BCUT2D eigenvalue weighted by atomic mass is 32.2. The first-order chi connectivity index (χ1) is 13.9. The van der Waals surface area contributed by atoms with Gasteiger partial charge in [0.05, 0.1) is 5.75 Å². The van der Waals surface area contributed by atoms with E-state index in [0.29, 0.717) is 24.4 Å². The molecule has 150 valence electrons. The van der Waals surface area contributed by atoms with Gasteiger partial charge in [0.15, 0.2) is 5.78 Å². The van der Waals surface area contributed by atoms with Crippen LogP contribution in [0.15, 0.2) is 52.1 Å². The Morgan fingerprint density at radius 1 is 1.14 bits per heavy atom. The fraction of sp³-hybridized carbons (Fsp3) is 0.238. The predicted molar refractivity (Wildman–Crippen MR) is 108 cm³/mol. The van der Waals surface area contributed by atoms with Crippen LogP contribution in [-0.4, -0.2) is 34.2 Å². The Labute approximate surface area is 171 Å². The maximum absolute atomic E-state index is 14.2. The molecule has 1 heterocycles. The maximum Gasteiger partial charge on any atom is 0.277 e. The van der Waals surface area contributed by atoms with E-state index in [1.807, 2.05) is 31.2 Å². The van der Waals surface area contributed by atoms with Crippen molar-refractivity contribution in [2.75, 3.05) is 12.3 Å². The van der Waals surface area contributed by atoms with Crippen molar-refractivity contribution in [3.63, 3.8) is 0 Å². The van der Waals surface area contributed by atoms with Crippen LogP contribution in [0.25, 0.3) is 11.5 Å². The minimum Gasteiger partial charge on any atom is -0.411 e. The molecule has 0 saturated heterocycles. The van der Waals surface area contributed by atoms with Crippen molar-refractivity contribution in [3.05, 3.63) is 65.0 Å². The van der Waals surface area contributed by atoms with Gasteiger partial charge in [-0.3, -0.25) is 9.59 Å². The zero-order chi connectivity index (χ0) is 20.8. The fourth-order valence-corrected chi connectivity index (χ4v) is 3.25. The largest absolute Gasteiger partial charge is 0.411 e. The van der Waals surface area contributed by atoms with Crippen LogP contribution >= 0.6 is 11.8 Å². The van der Waals surface area contributed by atoms with Crippen molar-refractivity contribution in [3.8, 4) is 11.5 Å². The Kier molecular flexibility index (Phi) is 6.77. The van der Waals surface area contributed by atoms with E-state index < -0.39 is 5.82 Å². The summed E-state index contributed by atoms with van der Waals surface area (Å²) in [5, 5.41) is 10.8. The average Bonchev–Trinajstić information content (AvgIpc) is 3.16. The molecule has 29 heavy (non-hydrogen) atoms. The number of benzene rings is 2. The van der Waals surface area contributed by atoms with E-state index >= 15 is 0 Å². The standard InChI is InChI=1S/C21H20FN3O3S/c1-13-3-5-16(6-4-13)20-24-25-21(28-20)29-12-19(27)17-8-7-15(18(22)11-17)9-10-23-14(2)26/h3-8,11H,9-10,12H2,1-2H3,(H,23,26). The molecule has 0 unspecified atom stereocenters. The lowest BCUT2D eigenvalue weighted by Crippen LogP contribution is -2.22. The molecule has 3 rings (SSSR count). The molecule has 0 aliphatic carbocycles. The summed E-state index contributed by atoms with van der Waals surface area (Å²) in [6, 6.07) is 12.0. The van der Waals surface area contributed by atoms with Crippen molar-refractivity contribution in [1.29, 1.82) is 0 Å². The van der Waals surface area contributed by atoms with Crippen LogP contribution < -0.4 is 5.32 Å². The Bertz CT molecular complexity index is 1020. The molecule has 0 radical (unpaired) electrons. The van der Waals surface area contributed by atoms with Crippen LogP contribution in [-0.2, 0) is 11.2 Å². The van der Waals surface area contributed by atoms with Crippen LogP contribution in [0, 0.1) is 12.7 Å². The third kappa shape index (κ3) is 5.74. The summed E-state index contributed by atoms with van der Waals surface area (Å²) in [7, 11) is 0. The summed E-state index contributed by atoms with van der Waals surface area (Å²) in [5.74, 6) is -0.432. The summed E-state index contributed by atoms with van der Waals surface area (Å²) in [5.41, 5.74) is 2.65. The first-order valence-electron chi connectivity index (χ1n) is 9.02. The van der Waals surface area contributed by atoms with E-state index in [0.717, 1.165) is 22.9 Å². The van der Waals surface area contributed by atoms with Crippen LogP contribution in [0.4, 0.5) is 4.39 Å². The number of aromatic nitrogens is 2. The first kappa shape index (κ1) is 20.7. The monoisotopic (exact) mass is 413 g/mol. The number of carbonyl (C=O) groups is 2. The summed E-state index contributed by atoms with van der Waals surface area (Å²) < 4.78 is 19.8. The van der Waals surface area contributed by atoms with Gasteiger partial charge in [-0.25, -0.2) is 4.39 Å². The van der Waals surface area contributed by atoms with Gasteiger partial charge in [0.2, 0.25) is 11.8 Å². The number of carbonyl (C=O) groups excluding carboxylic acids is 2. The molecule has 0 aliphatic heterocycles. The molecule has 0 spiro atoms. The number of Topliss-reactive ketones (excluding diaryl/α,β-unsaturated/α-hetero) is 1. The first-order valence-corrected chi connectivity index (χ1v) is 10.0. The number of hydrogen-bond acceptors (Lipinski definition) is 6. The highest BCUT2D eigenvalue weighted by molar-refractivity contribution is 7.99. The zero-order valence-corrected chi connectivity index (χ0v) is 16.9. The number of ketones is 1. The second-order valence-electron chi connectivity index (χ2n) is 6.49. The Hall–Kier alpha value is -3.00. The van der Waals surface area contributed by atoms with Crippen molar-refractivity contribution in [1.82, 2.24) is 15.5 Å². The van der Waals surface area contributed by atoms with Gasteiger partial charge < -0.3 is 9.73 Å². The molecule has 0 aliphatic rings. The van der Waals surface area contributed by atoms with Crippen LogP contribution in [0.5, 0.6) is 0 Å². The predicted octanol–water partition coefficient (Wildman–Crippen LogP) is 3.84. The van der Waals surface area contributed by atoms with E-state index in [4.69, 9.17) is 4.42 Å². The summed E-state index contributed by atoms with van der Waals surface area (Å²) >= 11 is 1.11. The number of rotatable bonds is 8. The van der Waals surface area contributed by atoms with E-state index in [2.05, 4.69) is 15.5 Å². The normalized spacial score (nSPS) is 10.7. The molecule has 0 bridgehead atoms.